The second-order valence-corrected chi connectivity index (χ2v) is 6.50. The molecule has 2 aromatic rings. The van der Waals surface area contributed by atoms with E-state index < -0.39 is 11.9 Å². The number of carboxylic acid groups (broad SMARTS) is 1. The number of carbonyl (C=O) groups is 2. The van der Waals surface area contributed by atoms with Crippen LogP contribution in [0.1, 0.15) is 18.4 Å². The van der Waals surface area contributed by atoms with Gasteiger partial charge in [0.05, 0.1) is 25.7 Å². The van der Waals surface area contributed by atoms with Gasteiger partial charge in [0.25, 0.3) is 0 Å². The molecule has 26 heavy (non-hydrogen) atoms. The Morgan fingerprint density at radius 1 is 1.35 bits per heavy atom. The normalized spacial score (nSPS) is 16.3. The van der Waals surface area contributed by atoms with E-state index in [1.807, 2.05) is 12.1 Å². The Morgan fingerprint density at radius 3 is 2.81 bits per heavy atom. The van der Waals surface area contributed by atoms with Gasteiger partial charge in [-0.1, -0.05) is 0 Å². The van der Waals surface area contributed by atoms with Gasteiger partial charge in [-0.2, -0.15) is 0 Å². The quantitative estimate of drug-likeness (QED) is 0.785. The van der Waals surface area contributed by atoms with E-state index in [0.717, 1.165) is 10.9 Å². The lowest BCUT2D eigenvalue weighted by molar-refractivity contribution is -0.144. The summed E-state index contributed by atoms with van der Waals surface area (Å²) in [5.41, 5.74) is 1.41. The van der Waals surface area contributed by atoms with Crippen LogP contribution in [0, 0.1) is 11.8 Å². The number of rotatable bonds is 7. The predicted molar refractivity (Wildman–Crippen MR) is 94.1 cm³/mol. The Morgan fingerprint density at radius 2 is 2.12 bits per heavy atom. The molecule has 0 bridgehead atoms. The molecule has 7 nitrogen and oxygen atoms in total. The number of amides is 1. The van der Waals surface area contributed by atoms with Crippen LogP contribution in [0.4, 0.5) is 0 Å². The molecule has 2 N–H and O–H groups in total. The van der Waals surface area contributed by atoms with Crippen LogP contribution in [-0.2, 0) is 20.7 Å². The Labute approximate surface area is 151 Å². The minimum absolute atomic E-state index is 0.0313. The van der Waals surface area contributed by atoms with E-state index in [1.165, 1.54) is 0 Å². The average Bonchev–Trinajstić information content (AvgIpc) is 3.04. The van der Waals surface area contributed by atoms with Crippen LogP contribution in [0.2, 0.25) is 0 Å². The lowest BCUT2D eigenvalue weighted by atomic mass is 9.86. The number of hydrogen-bond donors (Lipinski definition) is 2. The van der Waals surface area contributed by atoms with Crippen LogP contribution >= 0.6 is 0 Å². The summed E-state index contributed by atoms with van der Waals surface area (Å²) in [6.07, 6.45) is 3.11. The molecular formula is C19H23NO6. The first-order valence-corrected chi connectivity index (χ1v) is 8.70. The summed E-state index contributed by atoms with van der Waals surface area (Å²) < 4.78 is 15.9. The maximum Gasteiger partial charge on any atom is 0.308 e. The number of fused-ring (bicyclic) bond motifs is 1. The number of ether oxygens (including phenoxy) is 2. The summed E-state index contributed by atoms with van der Waals surface area (Å²) in [6, 6.07) is 5.43. The molecule has 7 heteroatoms. The molecule has 1 aliphatic rings. The zero-order valence-electron chi connectivity index (χ0n) is 14.7. The van der Waals surface area contributed by atoms with Gasteiger partial charge in [-0.15, -0.1) is 0 Å². The molecule has 1 aromatic carbocycles. The van der Waals surface area contributed by atoms with Gasteiger partial charge in [0.2, 0.25) is 5.91 Å². The molecule has 1 amide bonds. The molecule has 1 saturated heterocycles. The van der Waals surface area contributed by atoms with Crippen molar-refractivity contribution in [3.05, 3.63) is 30.0 Å². The molecule has 0 saturated carbocycles. The molecule has 1 unspecified atom stereocenters. The molecule has 2 heterocycles. The molecule has 0 aliphatic carbocycles. The van der Waals surface area contributed by atoms with E-state index in [2.05, 4.69) is 5.32 Å². The SMILES string of the molecule is COc1ccc2c(CC(=O)NCC(C(=O)O)C3CCOCC3)coc2c1. The van der Waals surface area contributed by atoms with Crippen LogP contribution < -0.4 is 10.1 Å². The third-order valence-electron chi connectivity index (χ3n) is 4.89. The first-order chi connectivity index (χ1) is 12.6. The smallest absolute Gasteiger partial charge is 0.308 e. The maximum atomic E-state index is 12.3. The van der Waals surface area contributed by atoms with Gasteiger partial charge in [0.1, 0.15) is 11.3 Å². The largest absolute Gasteiger partial charge is 0.497 e. The molecule has 1 atom stereocenters. The number of furan rings is 1. The van der Waals surface area contributed by atoms with Gasteiger partial charge >= 0.3 is 5.97 Å². The number of methoxy groups -OCH3 is 1. The van der Waals surface area contributed by atoms with E-state index in [-0.39, 0.29) is 24.8 Å². The lowest BCUT2D eigenvalue weighted by Gasteiger charge is -2.27. The van der Waals surface area contributed by atoms with Crippen molar-refractivity contribution < 1.29 is 28.6 Å². The van der Waals surface area contributed by atoms with Gasteiger partial charge in [0, 0.05) is 36.8 Å². The van der Waals surface area contributed by atoms with Crippen molar-refractivity contribution in [2.45, 2.75) is 19.3 Å². The number of nitrogens with one attached hydrogen (secondary N) is 1. The highest BCUT2D eigenvalue weighted by molar-refractivity contribution is 5.88. The van der Waals surface area contributed by atoms with E-state index in [1.54, 1.807) is 19.4 Å². The number of aliphatic carboxylic acids is 1. The van der Waals surface area contributed by atoms with Gasteiger partial charge in [-0.05, 0) is 30.9 Å². The van der Waals surface area contributed by atoms with Gasteiger partial charge < -0.3 is 24.3 Å². The number of carbonyl (C=O) groups excluding carboxylic acids is 1. The zero-order valence-corrected chi connectivity index (χ0v) is 14.7. The summed E-state index contributed by atoms with van der Waals surface area (Å²) in [4.78, 5) is 23.8. The summed E-state index contributed by atoms with van der Waals surface area (Å²) in [7, 11) is 1.58. The second kappa shape index (κ2) is 8.23. The van der Waals surface area contributed by atoms with Crippen molar-refractivity contribution in [1.29, 1.82) is 0 Å². The number of carboxylic acids is 1. The molecule has 1 fully saturated rings. The first-order valence-electron chi connectivity index (χ1n) is 8.70. The first kappa shape index (κ1) is 18.3. The fourth-order valence-electron chi connectivity index (χ4n) is 3.36. The van der Waals surface area contributed by atoms with Gasteiger partial charge in [-0.3, -0.25) is 9.59 Å². The van der Waals surface area contributed by atoms with E-state index >= 15 is 0 Å². The molecule has 0 radical (unpaired) electrons. The highest BCUT2D eigenvalue weighted by Crippen LogP contribution is 2.26. The van der Waals surface area contributed by atoms with Crippen molar-refractivity contribution in [1.82, 2.24) is 5.32 Å². The topological polar surface area (TPSA) is 98.0 Å². The van der Waals surface area contributed by atoms with Crippen LogP contribution in [0.25, 0.3) is 11.0 Å². The van der Waals surface area contributed by atoms with Crippen molar-refractivity contribution in [3.8, 4) is 5.75 Å². The van der Waals surface area contributed by atoms with E-state index in [0.29, 0.717) is 37.4 Å². The fraction of sp³-hybridized carbons (Fsp3) is 0.474. The molecule has 1 aromatic heterocycles. The van der Waals surface area contributed by atoms with Crippen molar-refractivity contribution >= 4 is 22.8 Å². The monoisotopic (exact) mass is 361 g/mol. The average molecular weight is 361 g/mol. The van der Waals surface area contributed by atoms with Crippen LogP contribution in [0.3, 0.4) is 0 Å². The van der Waals surface area contributed by atoms with Gasteiger partial charge in [0.15, 0.2) is 0 Å². The summed E-state index contributed by atoms with van der Waals surface area (Å²) in [5, 5.41) is 13.1. The van der Waals surface area contributed by atoms with E-state index in [4.69, 9.17) is 13.9 Å². The zero-order chi connectivity index (χ0) is 18.5. The lowest BCUT2D eigenvalue weighted by Crippen LogP contribution is -2.39. The molecule has 140 valence electrons. The maximum absolute atomic E-state index is 12.3. The van der Waals surface area contributed by atoms with Crippen LogP contribution in [0.15, 0.2) is 28.9 Å². The predicted octanol–water partition coefficient (Wildman–Crippen LogP) is 2.23. The van der Waals surface area contributed by atoms with Crippen molar-refractivity contribution in [3.63, 3.8) is 0 Å². The highest BCUT2D eigenvalue weighted by Gasteiger charge is 2.30. The Balaban J connectivity index is 1.60. The van der Waals surface area contributed by atoms with Crippen molar-refractivity contribution in [2.75, 3.05) is 26.9 Å². The van der Waals surface area contributed by atoms with E-state index in [9.17, 15) is 14.7 Å². The fourth-order valence-corrected chi connectivity index (χ4v) is 3.36. The second-order valence-electron chi connectivity index (χ2n) is 6.50. The van der Waals surface area contributed by atoms with Crippen LogP contribution in [-0.4, -0.2) is 43.9 Å². The minimum atomic E-state index is -0.877. The molecule has 0 spiro atoms. The Bertz CT molecular complexity index is 777. The highest BCUT2D eigenvalue weighted by atomic mass is 16.5. The van der Waals surface area contributed by atoms with Crippen LogP contribution in [0.5, 0.6) is 5.75 Å². The summed E-state index contributed by atoms with van der Waals surface area (Å²) in [5.74, 6) is -0.972. The Hall–Kier alpha value is -2.54. The summed E-state index contributed by atoms with van der Waals surface area (Å²) >= 11 is 0. The molecular weight excluding hydrogens is 338 g/mol. The molecule has 3 rings (SSSR count). The van der Waals surface area contributed by atoms with Crippen molar-refractivity contribution in [2.24, 2.45) is 11.8 Å². The Kier molecular flexibility index (Phi) is 5.78. The minimum Gasteiger partial charge on any atom is -0.497 e. The standard InChI is InChI=1S/C19H23NO6/c1-24-14-2-3-15-13(11-26-17(15)9-14)8-18(21)20-10-16(19(22)23)12-4-6-25-7-5-12/h2-3,9,11-12,16H,4-8,10H2,1H3,(H,20,21)(H,22,23). The number of hydrogen-bond acceptors (Lipinski definition) is 5. The van der Waals surface area contributed by atoms with Gasteiger partial charge in [-0.25, -0.2) is 0 Å². The third kappa shape index (κ3) is 4.16. The third-order valence-corrected chi connectivity index (χ3v) is 4.89. The summed E-state index contributed by atoms with van der Waals surface area (Å²) in [6.45, 7) is 1.28. The number of benzene rings is 1. The molecule has 1 aliphatic heterocycles.